The minimum absolute atomic E-state index is 0.136. The Morgan fingerprint density at radius 1 is 1.13 bits per heavy atom. The number of carboxylic acids is 1. The van der Waals surface area contributed by atoms with Gasteiger partial charge in [0.25, 0.3) is 5.91 Å². The summed E-state index contributed by atoms with van der Waals surface area (Å²) in [7, 11) is 0. The number of aryl methyl sites for hydroxylation is 1. The average Bonchev–Trinajstić information content (AvgIpc) is 2.78. The van der Waals surface area contributed by atoms with Crippen LogP contribution in [-0.4, -0.2) is 52.8 Å². The second kappa shape index (κ2) is 10.0. The number of nitrogens with zero attached hydrogens (tertiary/aromatic N) is 2. The van der Waals surface area contributed by atoms with Gasteiger partial charge in [-0.2, -0.15) is 16.9 Å². The Morgan fingerprint density at radius 2 is 1.90 bits per heavy atom. The van der Waals surface area contributed by atoms with E-state index in [0.29, 0.717) is 5.56 Å². The second-order valence-electron chi connectivity index (χ2n) is 8.08. The van der Waals surface area contributed by atoms with Gasteiger partial charge >= 0.3 is 5.97 Å². The highest BCUT2D eigenvalue weighted by Gasteiger charge is 2.22. The third-order valence-corrected chi connectivity index (χ3v) is 6.73. The molecule has 4 rings (SSSR count). The molecule has 0 radical (unpaired) electrons. The summed E-state index contributed by atoms with van der Waals surface area (Å²) < 4.78 is 0. The van der Waals surface area contributed by atoms with Crippen LogP contribution in [0.5, 0.6) is 0 Å². The number of thioether (sulfide) groups is 1. The molecule has 0 spiro atoms. The van der Waals surface area contributed by atoms with Crippen molar-refractivity contribution in [3.63, 3.8) is 0 Å². The Hall–Kier alpha value is -2.80. The van der Waals surface area contributed by atoms with Crippen LogP contribution in [0.15, 0.2) is 47.6 Å². The number of amides is 1. The molecular formula is C24H27N3O3S. The van der Waals surface area contributed by atoms with Crippen molar-refractivity contribution in [2.45, 2.75) is 25.7 Å². The lowest BCUT2D eigenvalue weighted by atomic mass is 9.81. The van der Waals surface area contributed by atoms with Crippen molar-refractivity contribution in [2.24, 2.45) is 11.0 Å². The normalized spacial score (nSPS) is 18.6. The van der Waals surface area contributed by atoms with E-state index >= 15 is 0 Å². The minimum Gasteiger partial charge on any atom is -0.481 e. The summed E-state index contributed by atoms with van der Waals surface area (Å²) in [5.41, 5.74) is 4.68. The number of aliphatic carboxylic acids is 1. The summed E-state index contributed by atoms with van der Waals surface area (Å²) in [4.78, 5) is 23.7. The van der Waals surface area contributed by atoms with Gasteiger partial charge in [0.05, 0.1) is 6.21 Å². The Balaban J connectivity index is 1.35. The van der Waals surface area contributed by atoms with Crippen molar-refractivity contribution in [2.75, 3.05) is 29.9 Å². The number of carbonyl (C=O) groups excluding carboxylic acids is 1. The molecule has 2 N–H and O–H groups in total. The fourth-order valence-corrected chi connectivity index (χ4v) is 4.95. The summed E-state index contributed by atoms with van der Waals surface area (Å²) in [6.45, 7) is 1.96. The molecule has 162 valence electrons. The van der Waals surface area contributed by atoms with E-state index in [4.69, 9.17) is 5.11 Å². The van der Waals surface area contributed by atoms with Gasteiger partial charge in [0.2, 0.25) is 0 Å². The maximum atomic E-state index is 12.7. The van der Waals surface area contributed by atoms with Gasteiger partial charge in [-0.1, -0.05) is 18.2 Å². The van der Waals surface area contributed by atoms with Crippen LogP contribution in [-0.2, 0) is 17.6 Å². The van der Waals surface area contributed by atoms with E-state index < -0.39 is 5.97 Å². The van der Waals surface area contributed by atoms with Crippen molar-refractivity contribution in [3.8, 4) is 0 Å². The van der Waals surface area contributed by atoms with Crippen LogP contribution >= 0.6 is 11.8 Å². The molecule has 2 aliphatic rings. The molecule has 0 saturated carbocycles. The third-order valence-electron chi connectivity index (χ3n) is 5.79. The van der Waals surface area contributed by atoms with Gasteiger partial charge in [-0.05, 0) is 66.1 Å². The van der Waals surface area contributed by atoms with E-state index in [1.807, 2.05) is 60.4 Å². The number of carboxylic acid groups (broad SMARTS) is 1. The summed E-state index contributed by atoms with van der Waals surface area (Å²) in [6.07, 6.45) is 4.51. The molecule has 1 fully saturated rings. The van der Waals surface area contributed by atoms with Crippen LogP contribution in [0.3, 0.4) is 0 Å². The minimum atomic E-state index is -0.743. The van der Waals surface area contributed by atoms with Gasteiger partial charge in [-0.3, -0.25) is 14.6 Å². The van der Waals surface area contributed by atoms with Gasteiger partial charge in [0.15, 0.2) is 0 Å². The van der Waals surface area contributed by atoms with Gasteiger partial charge < -0.3 is 10.4 Å². The molecule has 7 heteroatoms. The number of hydrazone groups is 1. The Kier molecular flexibility index (Phi) is 6.92. The van der Waals surface area contributed by atoms with E-state index in [0.717, 1.165) is 66.2 Å². The number of fused-ring (bicyclic) bond motifs is 1. The van der Waals surface area contributed by atoms with Gasteiger partial charge in [-0.25, -0.2) is 0 Å². The summed E-state index contributed by atoms with van der Waals surface area (Å²) >= 11 is 1.96. The van der Waals surface area contributed by atoms with Crippen LogP contribution in [0.2, 0.25) is 0 Å². The summed E-state index contributed by atoms with van der Waals surface area (Å²) in [5, 5.41) is 18.6. The molecule has 2 aromatic carbocycles. The first-order chi connectivity index (χ1) is 15.1. The molecular weight excluding hydrogens is 410 g/mol. The van der Waals surface area contributed by atoms with E-state index in [1.54, 1.807) is 0 Å². The number of nitrogens with one attached hydrogen (secondary N) is 1. The molecule has 0 bridgehead atoms. The first-order valence-electron chi connectivity index (χ1n) is 10.7. The topological polar surface area (TPSA) is 82.0 Å². The van der Waals surface area contributed by atoms with Crippen molar-refractivity contribution in [3.05, 3.63) is 64.7 Å². The number of hydrogen-bond acceptors (Lipinski definition) is 5. The largest absolute Gasteiger partial charge is 0.481 e. The van der Waals surface area contributed by atoms with Crippen LogP contribution in [0.4, 0.5) is 5.69 Å². The zero-order valence-electron chi connectivity index (χ0n) is 17.4. The Labute approximate surface area is 186 Å². The second-order valence-corrected chi connectivity index (χ2v) is 9.30. The van der Waals surface area contributed by atoms with Crippen LogP contribution in [0.1, 0.15) is 39.9 Å². The molecule has 1 heterocycles. The lowest BCUT2D eigenvalue weighted by Gasteiger charge is -2.23. The third kappa shape index (κ3) is 5.88. The van der Waals surface area contributed by atoms with E-state index in [-0.39, 0.29) is 18.2 Å². The molecule has 2 aromatic rings. The average molecular weight is 438 g/mol. The number of hydrogen-bond donors (Lipinski definition) is 2. The van der Waals surface area contributed by atoms with E-state index in [9.17, 15) is 9.59 Å². The smallest absolute Gasteiger partial charge is 0.303 e. The highest BCUT2D eigenvalue weighted by atomic mass is 32.2. The number of anilines is 1. The zero-order valence-corrected chi connectivity index (χ0v) is 18.2. The van der Waals surface area contributed by atoms with Crippen LogP contribution in [0.25, 0.3) is 0 Å². The van der Waals surface area contributed by atoms with Crippen LogP contribution in [0, 0.1) is 5.92 Å². The van der Waals surface area contributed by atoms with E-state index in [1.165, 1.54) is 0 Å². The van der Waals surface area contributed by atoms with E-state index in [2.05, 4.69) is 15.4 Å². The molecule has 1 atom stereocenters. The highest BCUT2D eigenvalue weighted by molar-refractivity contribution is 7.99. The zero-order chi connectivity index (χ0) is 21.6. The number of benzene rings is 2. The van der Waals surface area contributed by atoms with Crippen molar-refractivity contribution in [1.29, 1.82) is 0 Å². The molecule has 1 unspecified atom stereocenters. The van der Waals surface area contributed by atoms with Crippen molar-refractivity contribution >= 4 is 35.5 Å². The summed E-state index contributed by atoms with van der Waals surface area (Å²) in [6, 6.07) is 13.4. The SMILES string of the molecule is O=C(O)CC1CCc2cc(C(=O)Nc3ccc(C=NN4CCSCC4)cc3)ccc2C1. The Bertz CT molecular complexity index is 969. The standard InChI is InChI=1S/C24H27N3O3S/c28-23(29)14-18-1-4-20-15-21(6-5-19(20)13-18)24(30)26-22-7-2-17(3-8-22)16-25-27-9-11-31-12-10-27/h2-3,5-8,15-16,18H,1,4,9-14H2,(H,26,30)(H,28,29). The first kappa shape index (κ1) is 21.4. The number of carbonyl (C=O) groups is 2. The molecule has 1 aliphatic heterocycles. The maximum Gasteiger partial charge on any atom is 0.303 e. The highest BCUT2D eigenvalue weighted by Crippen LogP contribution is 2.28. The van der Waals surface area contributed by atoms with Gasteiger partial charge in [0.1, 0.15) is 0 Å². The lowest BCUT2D eigenvalue weighted by Crippen LogP contribution is -2.27. The van der Waals surface area contributed by atoms with Gasteiger partial charge in [0, 0.05) is 42.3 Å². The summed E-state index contributed by atoms with van der Waals surface area (Å²) in [5.74, 6) is 1.54. The fourth-order valence-electron chi connectivity index (χ4n) is 4.07. The molecule has 1 saturated heterocycles. The quantitative estimate of drug-likeness (QED) is 0.670. The Morgan fingerprint density at radius 3 is 2.65 bits per heavy atom. The molecule has 31 heavy (non-hydrogen) atoms. The first-order valence-corrected chi connectivity index (χ1v) is 11.8. The monoisotopic (exact) mass is 437 g/mol. The predicted molar refractivity (Wildman–Crippen MR) is 125 cm³/mol. The lowest BCUT2D eigenvalue weighted by molar-refractivity contribution is -0.138. The molecule has 1 aliphatic carbocycles. The van der Waals surface area contributed by atoms with Crippen molar-refractivity contribution in [1.82, 2.24) is 5.01 Å². The predicted octanol–water partition coefficient (Wildman–Crippen LogP) is 3.90. The van der Waals surface area contributed by atoms with Gasteiger partial charge in [-0.15, -0.1) is 0 Å². The van der Waals surface area contributed by atoms with Crippen molar-refractivity contribution < 1.29 is 14.7 Å². The molecule has 0 aromatic heterocycles. The molecule has 1 amide bonds. The number of rotatable bonds is 6. The van der Waals surface area contributed by atoms with Crippen LogP contribution < -0.4 is 5.32 Å². The molecule has 6 nitrogen and oxygen atoms in total. The fraction of sp³-hybridized carbons (Fsp3) is 0.375. The maximum absolute atomic E-state index is 12.7.